The lowest BCUT2D eigenvalue weighted by Crippen LogP contribution is -2.51. The highest BCUT2D eigenvalue weighted by atomic mass is 35.5. The number of amides is 2. The molecule has 7 rings (SSSR count). The van der Waals surface area contributed by atoms with Crippen LogP contribution in [0, 0.1) is 11.3 Å². The quantitative estimate of drug-likeness (QED) is 0.194. The van der Waals surface area contributed by atoms with Gasteiger partial charge in [0.1, 0.15) is 10.7 Å². The Balaban J connectivity index is 0.961. The van der Waals surface area contributed by atoms with Crippen LogP contribution in [0.3, 0.4) is 0 Å². The maximum Gasteiger partial charge on any atom is 0.269 e. The Bertz CT molecular complexity index is 1860. The van der Waals surface area contributed by atoms with E-state index in [0.29, 0.717) is 28.8 Å². The summed E-state index contributed by atoms with van der Waals surface area (Å²) < 4.78 is 9.70. The molecule has 49 heavy (non-hydrogen) atoms. The highest BCUT2D eigenvalue weighted by molar-refractivity contribution is 7.80. The van der Waals surface area contributed by atoms with Crippen molar-refractivity contribution >= 4 is 51.5 Å². The van der Waals surface area contributed by atoms with E-state index in [4.69, 9.17) is 34.3 Å². The van der Waals surface area contributed by atoms with E-state index in [2.05, 4.69) is 43.4 Å². The average Bonchev–Trinajstić information content (AvgIpc) is 3.72. The molecule has 2 amide bonds. The minimum absolute atomic E-state index is 0.0332. The van der Waals surface area contributed by atoms with E-state index in [1.807, 2.05) is 31.3 Å². The number of hydrogen-bond acceptors (Lipinski definition) is 6. The number of likely N-dealkylation sites (tertiary alicyclic amines) is 1. The second-order valence-electron chi connectivity index (χ2n) is 14.0. The molecule has 2 saturated heterocycles. The summed E-state index contributed by atoms with van der Waals surface area (Å²) in [6.07, 6.45) is 11.3. The van der Waals surface area contributed by atoms with E-state index in [9.17, 15) is 9.59 Å². The first kappa shape index (κ1) is 33.7. The summed E-state index contributed by atoms with van der Waals surface area (Å²) in [4.78, 5) is 32.5. The predicted octanol–water partition coefficient (Wildman–Crippen LogP) is 5.22. The molecule has 3 fully saturated rings. The number of nitrogens with one attached hydrogen (secondary N) is 2. The number of aromatic nitrogens is 3. The summed E-state index contributed by atoms with van der Waals surface area (Å²) in [6, 6.07) is 12.5. The standard InChI is InChI=1S/C37H44ClN7O3S/c1-43-23-40-21-31(43)36(47)41-11-14-44-12-9-37(10-13-44)18-27(19-37)35(46)42-20-26-5-6-29-30(24-3-2-4-25(17-24)34(39)49)22-45(33(29)32(26)38)28-7-15-48-16-8-28/h2-6,17,21-23,27-28H,7-16,18-20H2,1H3,(H2,39,49)(H,41,47)(H,42,46). The highest BCUT2D eigenvalue weighted by Gasteiger charge is 2.48. The third kappa shape index (κ3) is 6.99. The van der Waals surface area contributed by atoms with Gasteiger partial charge in [-0.1, -0.05) is 54.2 Å². The molecular formula is C37H44ClN7O3S. The van der Waals surface area contributed by atoms with Gasteiger partial charge < -0.3 is 35.1 Å². The molecule has 4 N–H and O–H groups in total. The number of carbonyl (C=O) groups is 2. The second-order valence-corrected chi connectivity index (χ2v) is 14.8. The van der Waals surface area contributed by atoms with Crippen LogP contribution in [0.1, 0.15) is 66.2 Å². The number of fused-ring (bicyclic) bond motifs is 1. The van der Waals surface area contributed by atoms with Gasteiger partial charge in [-0.25, -0.2) is 4.98 Å². The summed E-state index contributed by atoms with van der Waals surface area (Å²) >= 11 is 12.5. The highest BCUT2D eigenvalue weighted by Crippen LogP contribution is 2.52. The molecule has 1 spiro atoms. The van der Waals surface area contributed by atoms with E-state index in [1.165, 1.54) is 0 Å². The summed E-state index contributed by atoms with van der Waals surface area (Å²) in [6.45, 7) is 5.23. The molecule has 12 heteroatoms. The minimum Gasteiger partial charge on any atom is -0.389 e. The summed E-state index contributed by atoms with van der Waals surface area (Å²) in [5, 5.41) is 7.95. The maximum atomic E-state index is 13.3. The van der Waals surface area contributed by atoms with E-state index in [0.717, 1.165) is 105 Å². The second kappa shape index (κ2) is 14.2. The maximum absolute atomic E-state index is 13.3. The van der Waals surface area contributed by atoms with Crippen molar-refractivity contribution in [3.05, 3.63) is 77.0 Å². The Kier molecular flexibility index (Phi) is 9.79. The molecule has 0 unspecified atom stereocenters. The van der Waals surface area contributed by atoms with E-state index >= 15 is 0 Å². The zero-order chi connectivity index (χ0) is 34.1. The van der Waals surface area contributed by atoms with Crippen molar-refractivity contribution in [1.82, 2.24) is 29.7 Å². The van der Waals surface area contributed by atoms with Gasteiger partial charge in [0, 0.05) is 74.6 Å². The van der Waals surface area contributed by atoms with Crippen LogP contribution in [0.25, 0.3) is 22.0 Å². The van der Waals surface area contributed by atoms with E-state index in [-0.39, 0.29) is 29.2 Å². The number of ether oxygens (including phenoxy) is 1. The molecule has 1 saturated carbocycles. The fourth-order valence-electron chi connectivity index (χ4n) is 7.96. The number of aryl methyl sites for hydroxylation is 1. The number of hydrogen-bond donors (Lipinski definition) is 3. The Morgan fingerprint density at radius 2 is 1.90 bits per heavy atom. The van der Waals surface area contributed by atoms with Gasteiger partial charge in [0.05, 0.1) is 23.1 Å². The van der Waals surface area contributed by atoms with E-state index < -0.39 is 0 Å². The molecule has 1 aliphatic carbocycles. The van der Waals surface area contributed by atoms with Crippen molar-refractivity contribution in [1.29, 1.82) is 0 Å². The van der Waals surface area contributed by atoms with Crippen molar-refractivity contribution in [2.75, 3.05) is 39.4 Å². The Hall–Kier alpha value is -3.77. The molecule has 0 radical (unpaired) electrons. The summed E-state index contributed by atoms with van der Waals surface area (Å²) in [7, 11) is 1.82. The Labute approximate surface area is 297 Å². The molecule has 4 aromatic rings. The van der Waals surface area contributed by atoms with Gasteiger partial charge in [-0.2, -0.15) is 0 Å². The van der Waals surface area contributed by atoms with Crippen molar-refractivity contribution in [3.63, 3.8) is 0 Å². The number of halogens is 1. The van der Waals surface area contributed by atoms with Crippen molar-refractivity contribution in [2.24, 2.45) is 24.1 Å². The van der Waals surface area contributed by atoms with Gasteiger partial charge in [0.2, 0.25) is 5.91 Å². The monoisotopic (exact) mass is 701 g/mol. The lowest BCUT2D eigenvalue weighted by Gasteiger charge is -2.51. The normalized spacial score (nSPS) is 18.4. The molecule has 3 aliphatic rings. The first-order valence-corrected chi connectivity index (χ1v) is 18.0. The third-order valence-electron chi connectivity index (χ3n) is 10.9. The first-order chi connectivity index (χ1) is 23.7. The molecule has 2 aromatic carbocycles. The molecule has 10 nitrogen and oxygen atoms in total. The van der Waals surface area contributed by atoms with E-state index in [1.54, 1.807) is 17.1 Å². The molecular weight excluding hydrogens is 658 g/mol. The topological polar surface area (TPSA) is 119 Å². The molecule has 4 heterocycles. The van der Waals surface area contributed by atoms with Crippen molar-refractivity contribution < 1.29 is 14.3 Å². The first-order valence-electron chi connectivity index (χ1n) is 17.3. The molecule has 0 bridgehead atoms. The predicted molar refractivity (Wildman–Crippen MR) is 196 cm³/mol. The number of nitrogens with two attached hydrogens (primary N) is 1. The van der Waals surface area contributed by atoms with Crippen molar-refractivity contribution in [3.8, 4) is 11.1 Å². The zero-order valence-electron chi connectivity index (χ0n) is 27.9. The average molecular weight is 702 g/mol. The number of rotatable bonds is 10. The summed E-state index contributed by atoms with van der Waals surface area (Å²) in [5.41, 5.74) is 11.6. The van der Waals surface area contributed by atoms with Crippen LogP contribution >= 0.6 is 23.8 Å². The smallest absolute Gasteiger partial charge is 0.269 e. The largest absolute Gasteiger partial charge is 0.389 e. The number of thiocarbonyl (C=S) groups is 1. The van der Waals surface area contributed by atoms with Crippen LogP contribution in [0.2, 0.25) is 5.02 Å². The number of nitrogens with zero attached hydrogens (tertiary/aromatic N) is 4. The van der Waals surface area contributed by atoms with Crippen LogP contribution in [-0.2, 0) is 23.1 Å². The lowest BCUT2D eigenvalue weighted by molar-refractivity contribution is -0.135. The van der Waals surface area contributed by atoms with Crippen LogP contribution < -0.4 is 16.4 Å². The fourth-order valence-corrected chi connectivity index (χ4v) is 8.41. The summed E-state index contributed by atoms with van der Waals surface area (Å²) in [5.74, 6) is 0.0442. The number of imidazole rings is 1. The van der Waals surface area contributed by atoms with Gasteiger partial charge >= 0.3 is 0 Å². The van der Waals surface area contributed by atoms with Gasteiger partial charge in [0.15, 0.2) is 0 Å². The number of carbonyl (C=O) groups excluding carboxylic acids is 2. The number of piperidine rings is 1. The Morgan fingerprint density at radius 3 is 2.61 bits per heavy atom. The van der Waals surface area contributed by atoms with Crippen molar-refractivity contribution in [2.45, 2.75) is 51.1 Å². The number of benzene rings is 2. The molecule has 2 aromatic heterocycles. The van der Waals surface area contributed by atoms with Gasteiger partial charge in [-0.05, 0) is 74.2 Å². The SMILES string of the molecule is Cn1cncc1C(=O)NCCN1CCC2(CC1)CC(C(=O)NCc1ccc3c(-c4cccc(C(N)=S)c4)cn(C4CCOCC4)c3c1Cl)C2. The van der Waals surface area contributed by atoms with Crippen LogP contribution in [0.15, 0.2) is 55.1 Å². The zero-order valence-corrected chi connectivity index (χ0v) is 29.5. The molecule has 0 atom stereocenters. The van der Waals surface area contributed by atoms with Gasteiger partial charge in [-0.3, -0.25) is 9.59 Å². The minimum atomic E-state index is -0.0975. The fraction of sp³-hybridized carbons (Fsp3) is 0.459. The van der Waals surface area contributed by atoms with Gasteiger partial charge in [-0.15, -0.1) is 0 Å². The van der Waals surface area contributed by atoms with Crippen LogP contribution in [-0.4, -0.2) is 75.2 Å². The molecule has 258 valence electrons. The van der Waals surface area contributed by atoms with Gasteiger partial charge in [0.25, 0.3) is 5.91 Å². The molecule has 2 aliphatic heterocycles. The van der Waals surface area contributed by atoms with Crippen LogP contribution in [0.4, 0.5) is 0 Å². The third-order valence-corrected chi connectivity index (χ3v) is 11.6. The lowest BCUT2D eigenvalue weighted by atomic mass is 9.57. The Morgan fingerprint density at radius 1 is 1.12 bits per heavy atom. The van der Waals surface area contributed by atoms with Crippen LogP contribution in [0.5, 0.6) is 0 Å².